The van der Waals surface area contributed by atoms with Gasteiger partial charge in [0.05, 0.1) is 0 Å². The highest BCUT2D eigenvalue weighted by atomic mass is 35.5. The number of rotatable bonds is 0. The minimum atomic E-state index is -0.620. The normalized spacial score (nSPS) is 13.6. The summed E-state index contributed by atoms with van der Waals surface area (Å²) in [7, 11) is 1.61. The van der Waals surface area contributed by atoms with E-state index in [-0.39, 0.29) is 12.4 Å². The second kappa shape index (κ2) is 3.71. The van der Waals surface area contributed by atoms with Gasteiger partial charge >= 0.3 is 0 Å². The molecule has 1 aromatic heterocycles. The molecule has 1 aromatic rings. The quantitative estimate of drug-likeness (QED) is 0.701. The molecule has 0 aromatic carbocycles. The Bertz CT molecular complexity index is 428. The van der Waals surface area contributed by atoms with Crippen molar-refractivity contribution in [2.75, 3.05) is 0 Å². The van der Waals surface area contributed by atoms with Crippen LogP contribution in [0.1, 0.15) is 16.8 Å². The highest BCUT2D eigenvalue weighted by Gasteiger charge is 2.20. The summed E-state index contributed by atoms with van der Waals surface area (Å²) < 4.78 is 14.7. The first-order valence-corrected chi connectivity index (χ1v) is 4.20. The van der Waals surface area contributed by atoms with Gasteiger partial charge in [-0.05, 0) is 18.1 Å². The average Bonchev–Trinajstić information content (AvgIpc) is 2.59. The minimum absolute atomic E-state index is 0. The number of fused-ring (bicyclic) bond motifs is 1. The Labute approximate surface area is 87.3 Å². The van der Waals surface area contributed by atoms with Gasteiger partial charge in [-0.3, -0.25) is 4.79 Å². The standard InChI is InChI=1S/C9H11FN2O.ClH/c1-5-6-3-11-4-7(6)12(2)9(13)8(5)10;/h11H,3-4H2,1-2H3;1H. The summed E-state index contributed by atoms with van der Waals surface area (Å²) in [6.45, 7) is 2.97. The molecule has 2 rings (SSSR count). The fourth-order valence-corrected chi connectivity index (χ4v) is 1.75. The van der Waals surface area contributed by atoms with Gasteiger partial charge in [0.1, 0.15) is 0 Å². The fourth-order valence-electron chi connectivity index (χ4n) is 1.75. The maximum atomic E-state index is 13.3. The molecular weight excluding hydrogens is 207 g/mol. The SMILES string of the molecule is Cc1c2c(n(C)c(=O)c1F)CNC2.Cl. The molecule has 0 saturated carbocycles. The summed E-state index contributed by atoms with van der Waals surface area (Å²) in [5.74, 6) is -0.620. The van der Waals surface area contributed by atoms with E-state index in [9.17, 15) is 9.18 Å². The Morgan fingerprint density at radius 2 is 2.07 bits per heavy atom. The molecule has 0 radical (unpaired) electrons. The van der Waals surface area contributed by atoms with E-state index in [2.05, 4.69) is 5.32 Å². The van der Waals surface area contributed by atoms with Crippen LogP contribution < -0.4 is 10.9 Å². The molecule has 5 heteroatoms. The molecule has 0 atom stereocenters. The first kappa shape index (κ1) is 11.2. The van der Waals surface area contributed by atoms with Crippen LogP contribution in [-0.4, -0.2) is 4.57 Å². The van der Waals surface area contributed by atoms with E-state index in [0.29, 0.717) is 18.7 Å². The summed E-state index contributed by atoms with van der Waals surface area (Å²) >= 11 is 0. The van der Waals surface area contributed by atoms with E-state index in [1.807, 2.05) is 0 Å². The van der Waals surface area contributed by atoms with Crippen molar-refractivity contribution in [1.82, 2.24) is 9.88 Å². The number of hydrogen-bond acceptors (Lipinski definition) is 2. The van der Waals surface area contributed by atoms with Crippen LogP contribution >= 0.6 is 12.4 Å². The van der Waals surface area contributed by atoms with Crippen LogP contribution in [0.25, 0.3) is 0 Å². The predicted molar refractivity (Wildman–Crippen MR) is 54.2 cm³/mol. The number of halogens is 2. The van der Waals surface area contributed by atoms with Crippen LogP contribution in [0, 0.1) is 12.7 Å². The molecule has 78 valence electrons. The minimum Gasteiger partial charge on any atom is -0.312 e. The van der Waals surface area contributed by atoms with Gasteiger partial charge in [-0.2, -0.15) is 0 Å². The fraction of sp³-hybridized carbons (Fsp3) is 0.444. The summed E-state index contributed by atoms with van der Waals surface area (Å²) in [4.78, 5) is 11.3. The molecule has 0 aliphatic carbocycles. The van der Waals surface area contributed by atoms with Crippen LogP contribution in [0.2, 0.25) is 0 Å². The molecule has 0 saturated heterocycles. The highest BCUT2D eigenvalue weighted by Crippen LogP contribution is 2.18. The Balaban J connectivity index is 0.000000980. The van der Waals surface area contributed by atoms with E-state index in [0.717, 1.165) is 11.3 Å². The van der Waals surface area contributed by atoms with Crippen molar-refractivity contribution >= 4 is 12.4 Å². The van der Waals surface area contributed by atoms with Gasteiger partial charge in [-0.25, -0.2) is 4.39 Å². The monoisotopic (exact) mass is 218 g/mol. The van der Waals surface area contributed by atoms with Crippen LogP contribution in [0.5, 0.6) is 0 Å². The molecule has 1 aliphatic heterocycles. The molecule has 1 aliphatic rings. The maximum Gasteiger partial charge on any atom is 0.286 e. The highest BCUT2D eigenvalue weighted by molar-refractivity contribution is 5.85. The zero-order valence-electron chi connectivity index (χ0n) is 8.06. The lowest BCUT2D eigenvalue weighted by Crippen LogP contribution is -2.25. The Morgan fingerprint density at radius 3 is 2.71 bits per heavy atom. The second-order valence-corrected chi connectivity index (χ2v) is 3.33. The Hall–Kier alpha value is -0.870. The lowest BCUT2D eigenvalue weighted by atomic mass is 10.1. The topological polar surface area (TPSA) is 34.0 Å². The molecule has 3 nitrogen and oxygen atoms in total. The first-order chi connectivity index (χ1) is 6.13. The molecule has 2 heterocycles. The number of nitrogens with one attached hydrogen (secondary N) is 1. The van der Waals surface area contributed by atoms with E-state index >= 15 is 0 Å². The lowest BCUT2D eigenvalue weighted by molar-refractivity contribution is 0.573. The molecule has 0 amide bonds. The van der Waals surface area contributed by atoms with E-state index in [1.54, 1.807) is 14.0 Å². The largest absolute Gasteiger partial charge is 0.312 e. The zero-order valence-corrected chi connectivity index (χ0v) is 8.87. The van der Waals surface area contributed by atoms with E-state index in [1.165, 1.54) is 4.57 Å². The summed E-state index contributed by atoms with van der Waals surface area (Å²) in [5.41, 5.74) is 1.80. The lowest BCUT2D eigenvalue weighted by Gasteiger charge is -2.08. The van der Waals surface area contributed by atoms with Crippen LogP contribution in [0.15, 0.2) is 4.79 Å². The average molecular weight is 219 g/mol. The van der Waals surface area contributed by atoms with Crippen molar-refractivity contribution in [2.24, 2.45) is 7.05 Å². The molecule has 0 bridgehead atoms. The molecule has 0 spiro atoms. The molecule has 0 unspecified atom stereocenters. The van der Waals surface area contributed by atoms with Crippen molar-refractivity contribution in [3.63, 3.8) is 0 Å². The summed E-state index contributed by atoms with van der Waals surface area (Å²) in [6, 6.07) is 0. The van der Waals surface area contributed by atoms with Crippen molar-refractivity contribution in [3.05, 3.63) is 33.0 Å². The number of pyridine rings is 1. The molecular formula is C9H12ClFN2O. The van der Waals surface area contributed by atoms with Crippen LogP contribution in [-0.2, 0) is 20.1 Å². The summed E-state index contributed by atoms with van der Waals surface area (Å²) in [5, 5.41) is 3.10. The Morgan fingerprint density at radius 1 is 1.43 bits per heavy atom. The van der Waals surface area contributed by atoms with Crippen molar-refractivity contribution in [2.45, 2.75) is 20.0 Å². The van der Waals surface area contributed by atoms with Crippen LogP contribution in [0.4, 0.5) is 4.39 Å². The van der Waals surface area contributed by atoms with E-state index < -0.39 is 11.4 Å². The third-order valence-corrected chi connectivity index (χ3v) is 2.62. The predicted octanol–water partition coefficient (Wildman–Crippen LogP) is 0.858. The van der Waals surface area contributed by atoms with Gasteiger partial charge in [-0.15, -0.1) is 12.4 Å². The van der Waals surface area contributed by atoms with Gasteiger partial charge in [-0.1, -0.05) is 0 Å². The van der Waals surface area contributed by atoms with Crippen molar-refractivity contribution < 1.29 is 4.39 Å². The van der Waals surface area contributed by atoms with Gasteiger partial charge < -0.3 is 9.88 Å². The van der Waals surface area contributed by atoms with Gasteiger partial charge in [0.15, 0.2) is 5.82 Å². The number of nitrogens with zero attached hydrogens (tertiary/aromatic N) is 1. The number of hydrogen-bond donors (Lipinski definition) is 1. The Kier molecular flexibility index (Phi) is 2.97. The van der Waals surface area contributed by atoms with Gasteiger partial charge in [0.25, 0.3) is 5.56 Å². The van der Waals surface area contributed by atoms with Gasteiger partial charge in [0.2, 0.25) is 0 Å². The molecule has 1 N–H and O–H groups in total. The molecule has 0 fully saturated rings. The smallest absolute Gasteiger partial charge is 0.286 e. The van der Waals surface area contributed by atoms with Gasteiger partial charge in [0, 0.05) is 25.8 Å². The summed E-state index contributed by atoms with van der Waals surface area (Å²) in [6.07, 6.45) is 0. The zero-order chi connectivity index (χ0) is 9.59. The van der Waals surface area contributed by atoms with Crippen molar-refractivity contribution in [3.8, 4) is 0 Å². The van der Waals surface area contributed by atoms with Crippen LogP contribution in [0.3, 0.4) is 0 Å². The van der Waals surface area contributed by atoms with Crippen molar-refractivity contribution in [1.29, 1.82) is 0 Å². The second-order valence-electron chi connectivity index (χ2n) is 3.33. The maximum absolute atomic E-state index is 13.3. The third kappa shape index (κ3) is 1.35. The first-order valence-electron chi connectivity index (χ1n) is 4.20. The number of aromatic nitrogens is 1. The molecule has 14 heavy (non-hydrogen) atoms. The van der Waals surface area contributed by atoms with E-state index in [4.69, 9.17) is 0 Å². The third-order valence-electron chi connectivity index (χ3n) is 2.62.